The lowest BCUT2D eigenvalue weighted by atomic mass is 9.82. The van der Waals surface area contributed by atoms with Gasteiger partial charge in [-0.25, -0.2) is 19.7 Å². The fraction of sp³-hybridized carbons (Fsp3) is 0.308. The molecule has 0 saturated carbocycles. The van der Waals surface area contributed by atoms with Crippen LogP contribution in [0.3, 0.4) is 0 Å². The van der Waals surface area contributed by atoms with Crippen LogP contribution >= 0.6 is 0 Å². The number of urea groups is 1. The summed E-state index contributed by atoms with van der Waals surface area (Å²) in [5.74, 6) is 1.69. The minimum absolute atomic E-state index is 0.197. The normalized spacial score (nSPS) is 17.7. The molecule has 2 saturated heterocycles. The van der Waals surface area contributed by atoms with Gasteiger partial charge in [-0.3, -0.25) is 9.69 Å². The first kappa shape index (κ1) is 23.6. The Bertz CT molecular complexity index is 1160. The Labute approximate surface area is 209 Å². The van der Waals surface area contributed by atoms with Crippen molar-refractivity contribution in [3.63, 3.8) is 0 Å². The molecule has 3 aromatic rings. The van der Waals surface area contributed by atoms with Crippen LogP contribution in [0.5, 0.6) is 11.5 Å². The smallest absolute Gasteiger partial charge is 0.326 e. The van der Waals surface area contributed by atoms with E-state index in [1.807, 2.05) is 24.3 Å². The predicted octanol–water partition coefficient (Wildman–Crippen LogP) is 2.07. The van der Waals surface area contributed by atoms with Crippen molar-refractivity contribution >= 4 is 17.9 Å². The first-order chi connectivity index (χ1) is 17.5. The van der Waals surface area contributed by atoms with Gasteiger partial charge in [0, 0.05) is 38.6 Å². The molecular formula is C26H28N6O4. The van der Waals surface area contributed by atoms with Crippen LogP contribution in [-0.2, 0) is 10.3 Å². The maximum Gasteiger partial charge on any atom is 0.326 e. The van der Waals surface area contributed by atoms with E-state index in [1.165, 1.54) is 4.90 Å². The van der Waals surface area contributed by atoms with Gasteiger partial charge < -0.3 is 19.7 Å². The number of nitrogens with zero attached hydrogens (tertiary/aromatic N) is 5. The van der Waals surface area contributed by atoms with Crippen molar-refractivity contribution in [2.24, 2.45) is 0 Å². The molecule has 0 aliphatic carbocycles. The van der Waals surface area contributed by atoms with Crippen LogP contribution < -0.4 is 19.7 Å². The van der Waals surface area contributed by atoms with Crippen molar-refractivity contribution in [2.45, 2.75) is 5.54 Å². The van der Waals surface area contributed by atoms with Gasteiger partial charge in [0.25, 0.3) is 5.91 Å². The monoisotopic (exact) mass is 488 g/mol. The summed E-state index contributed by atoms with van der Waals surface area (Å²) in [6, 6.07) is 15.7. The number of hydrogen-bond acceptors (Lipinski definition) is 8. The van der Waals surface area contributed by atoms with Gasteiger partial charge >= 0.3 is 6.03 Å². The largest absolute Gasteiger partial charge is 0.497 e. The number of methoxy groups -OCH3 is 2. The molecule has 10 nitrogen and oxygen atoms in total. The zero-order valence-corrected chi connectivity index (χ0v) is 20.3. The Morgan fingerprint density at radius 1 is 0.833 bits per heavy atom. The molecule has 10 heteroatoms. The fourth-order valence-electron chi connectivity index (χ4n) is 4.69. The summed E-state index contributed by atoms with van der Waals surface area (Å²) in [4.78, 5) is 41.4. The van der Waals surface area contributed by atoms with E-state index in [4.69, 9.17) is 9.47 Å². The summed E-state index contributed by atoms with van der Waals surface area (Å²) in [7, 11) is 3.17. The fourth-order valence-corrected chi connectivity index (χ4v) is 4.69. The van der Waals surface area contributed by atoms with E-state index in [2.05, 4.69) is 25.1 Å². The summed E-state index contributed by atoms with van der Waals surface area (Å²) in [6.07, 6.45) is 3.44. The number of imide groups is 1. The Hall–Kier alpha value is -4.18. The number of nitrogens with one attached hydrogen (secondary N) is 1. The third kappa shape index (κ3) is 4.20. The van der Waals surface area contributed by atoms with Gasteiger partial charge in [-0.1, -0.05) is 24.3 Å². The Morgan fingerprint density at radius 3 is 1.86 bits per heavy atom. The highest BCUT2D eigenvalue weighted by Crippen LogP contribution is 2.37. The van der Waals surface area contributed by atoms with Crippen LogP contribution in [0.25, 0.3) is 0 Å². The van der Waals surface area contributed by atoms with Crippen molar-refractivity contribution in [1.82, 2.24) is 25.1 Å². The quantitative estimate of drug-likeness (QED) is 0.505. The van der Waals surface area contributed by atoms with Gasteiger partial charge in [0.15, 0.2) is 5.54 Å². The number of carbonyl (C=O) groups excluding carboxylic acids is 2. The zero-order valence-electron chi connectivity index (χ0n) is 20.3. The molecule has 1 aromatic heterocycles. The third-order valence-electron chi connectivity index (χ3n) is 6.70. The minimum atomic E-state index is -1.35. The second-order valence-electron chi connectivity index (χ2n) is 8.67. The summed E-state index contributed by atoms with van der Waals surface area (Å²) >= 11 is 0. The van der Waals surface area contributed by atoms with E-state index >= 15 is 0 Å². The molecule has 36 heavy (non-hydrogen) atoms. The average molecular weight is 489 g/mol. The van der Waals surface area contributed by atoms with Gasteiger partial charge in [0.2, 0.25) is 5.95 Å². The molecule has 3 amide bonds. The van der Waals surface area contributed by atoms with E-state index in [1.54, 1.807) is 56.9 Å². The summed E-state index contributed by atoms with van der Waals surface area (Å²) in [5, 5.41) is 3.00. The Balaban J connectivity index is 1.39. The van der Waals surface area contributed by atoms with Gasteiger partial charge in [-0.2, -0.15) is 0 Å². The van der Waals surface area contributed by atoms with Crippen LogP contribution in [0, 0.1) is 0 Å². The maximum absolute atomic E-state index is 14.0. The van der Waals surface area contributed by atoms with E-state index in [9.17, 15) is 9.59 Å². The van der Waals surface area contributed by atoms with Crippen molar-refractivity contribution in [3.05, 3.63) is 78.1 Å². The molecule has 0 unspecified atom stereocenters. The van der Waals surface area contributed by atoms with Crippen molar-refractivity contribution in [1.29, 1.82) is 0 Å². The highest BCUT2D eigenvalue weighted by atomic mass is 16.5. The first-order valence-electron chi connectivity index (χ1n) is 11.7. The molecule has 0 radical (unpaired) electrons. The number of hydrogen-bond donors (Lipinski definition) is 1. The van der Waals surface area contributed by atoms with Crippen LogP contribution in [0.2, 0.25) is 0 Å². The van der Waals surface area contributed by atoms with Gasteiger partial charge in [0.05, 0.1) is 20.9 Å². The lowest BCUT2D eigenvalue weighted by Crippen LogP contribution is -2.52. The standard InChI is InChI=1S/C26H28N6O4/c1-35-21-8-4-19(5-9-21)26(20-6-10-22(36-2)11-7-20)23(33)32(25(34)29-26)18-30-14-16-31(17-15-30)24-27-12-3-13-28-24/h3-13H,14-18H2,1-2H3,(H,29,34). The van der Waals surface area contributed by atoms with Crippen LogP contribution in [0.15, 0.2) is 67.0 Å². The second-order valence-corrected chi connectivity index (χ2v) is 8.67. The SMILES string of the molecule is COc1ccc(C2(c3ccc(OC)cc3)NC(=O)N(CN3CCN(c4ncccn4)CC3)C2=O)cc1. The minimum Gasteiger partial charge on any atom is -0.497 e. The number of piperazine rings is 1. The molecule has 1 N–H and O–H groups in total. The zero-order chi connectivity index (χ0) is 25.1. The summed E-state index contributed by atoms with van der Waals surface area (Å²) in [5.41, 5.74) is -0.0456. The van der Waals surface area contributed by atoms with E-state index < -0.39 is 11.6 Å². The number of benzene rings is 2. The van der Waals surface area contributed by atoms with Crippen molar-refractivity contribution < 1.29 is 19.1 Å². The highest BCUT2D eigenvalue weighted by Gasteiger charge is 2.54. The summed E-state index contributed by atoms with van der Waals surface area (Å²) < 4.78 is 10.6. The lowest BCUT2D eigenvalue weighted by Gasteiger charge is -2.36. The number of aromatic nitrogens is 2. The molecule has 2 aliphatic rings. The molecule has 2 aliphatic heterocycles. The second kappa shape index (κ2) is 9.82. The van der Waals surface area contributed by atoms with Gasteiger partial charge in [-0.15, -0.1) is 0 Å². The molecule has 2 fully saturated rings. The third-order valence-corrected chi connectivity index (χ3v) is 6.70. The van der Waals surface area contributed by atoms with Crippen LogP contribution in [-0.4, -0.2) is 78.8 Å². The molecular weight excluding hydrogens is 460 g/mol. The van der Waals surface area contributed by atoms with Crippen LogP contribution in [0.4, 0.5) is 10.7 Å². The molecule has 5 rings (SSSR count). The number of amides is 3. The molecule has 2 aromatic carbocycles. The Morgan fingerprint density at radius 2 is 1.36 bits per heavy atom. The Kier molecular flexibility index (Phi) is 6.43. The summed E-state index contributed by atoms with van der Waals surface area (Å²) in [6.45, 7) is 2.95. The highest BCUT2D eigenvalue weighted by molar-refractivity contribution is 6.09. The van der Waals surface area contributed by atoms with E-state index in [-0.39, 0.29) is 12.6 Å². The molecule has 0 spiro atoms. The van der Waals surface area contributed by atoms with E-state index in [0.29, 0.717) is 54.8 Å². The number of rotatable bonds is 7. The van der Waals surface area contributed by atoms with Gasteiger partial charge in [0.1, 0.15) is 11.5 Å². The van der Waals surface area contributed by atoms with Crippen molar-refractivity contribution in [3.8, 4) is 11.5 Å². The number of ether oxygens (including phenoxy) is 2. The van der Waals surface area contributed by atoms with E-state index in [0.717, 1.165) is 0 Å². The lowest BCUT2D eigenvalue weighted by molar-refractivity contribution is -0.131. The average Bonchev–Trinajstić information content (AvgIpc) is 3.19. The predicted molar refractivity (Wildman–Crippen MR) is 133 cm³/mol. The van der Waals surface area contributed by atoms with Gasteiger partial charge in [-0.05, 0) is 41.5 Å². The van der Waals surface area contributed by atoms with Crippen LogP contribution in [0.1, 0.15) is 11.1 Å². The molecule has 0 bridgehead atoms. The molecule has 0 atom stereocenters. The molecule has 3 heterocycles. The first-order valence-corrected chi connectivity index (χ1v) is 11.7. The molecule has 186 valence electrons. The van der Waals surface area contributed by atoms with Crippen molar-refractivity contribution in [2.75, 3.05) is 52.0 Å². The number of carbonyl (C=O) groups is 2. The number of anilines is 1. The maximum atomic E-state index is 14.0. The topological polar surface area (TPSA) is 100 Å².